The van der Waals surface area contributed by atoms with Gasteiger partial charge in [0.05, 0.1) is 13.2 Å². The van der Waals surface area contributed by atoms with Gasteiger partial charge in [-0.15, -0.1) is 0 Å². The molecular weight excluding hydrogens is 376 g/mol. The van der Waals surface area contributed by atoms with Crippen LogP contribution >= 0.6 is 0 Å². The van der Waals surface area contributed by atoms with E-state index in [9.17, 15) is 9.59 Å². The van der Waals surface area contributed by atoms with Crippen molar-refractivity contribution in [3.05, 3.63) is 65.2 Å². The summed E-state index contributed by atoms with van der Waals surface area (Å²) >= 11 is 0. The van der Waals surface area contributed by atoms with E-state index in [0.717, 1.165) is 62.1 Å². The molecule has 4 rings (SSSR count). The molecule has 158 valence electrons. The van der Waals surface area contributed by atoms with Crippen LogP contribution in [0.5, 0.6) is 5.75 Å². The summed E-state index contributed by atoms with van der Waals surface area (Å²) in [6.07, 6.45) is 5.89. The van der Waals surface area contributed by atoms with Crippen molar-refractivity contribution in [2.45, 2.75) is 51.1 Å². The van der Waals surface area contributed by atoms with Crippen LogP contribution in [0.25, 0.3) is 0 Å². The van der Waals surface area contributed by atoms with Crippen LogP contribution in [0.2, 0.25) is 0 Å². The quantitative estimate of drug-likeness (QED) is 0.731. The summed E-state index contributed by atoms with van der Waals surface area (Å²) in [6.45, 7) is 2.24. The van der Waals surface area contributed by atoms with E-state index in [-0.39, 0.29) is 17.9 Å². The SMILES string of the molecule is COc1ccc([C@H]2CCCCCN2C(=O)c2ccc(CN3CCCC3=O)cc2)cc1. The van der Waals surface area contributed by atoms with Gasteiger partial charge in [-0.3, -0.25) is 9.59 Å². The zero-order valence-electron chi connectivity index (χ0n) is 17.7. The van der Waals surface area contributed by atoms with Crippen LogP contribution in [0.15, 0.2) is 48.5 Å². The van der Waals surface area contributed by atoms with Gasteiger partial charge >= 0.3 is 0 Å². The predicted molar refractivity (Wildman–Crippen MR) is 116 cm³/mol. The third kappa shape index (κ3) is 4.50. The largest absolute Gasteiger partial charge is 0.497 e. The number of likely N-dealkylation sites (tertiary alicyclic amines) is 2. The Hall–Kier alpha value is -2.82. The number of amides is 2. The lowest BCUT2D eigenvalue weighted by atomic mass is 9.99. The van der Waals surface area contributed by atoms with Crippen LogP contribution in [-0.4, -0.2) is 41.8 Å². The molecule has 0 aromatic heterocycles. The van der Waals surface area contributed by atoms with Crippen LogP contribution in [0.4, 0.5) is 0 Å². The molecule has 0 unspecified atom stereocenters. The van der Waals surface area contributed by atoms with Crippen molar-refractivity contribution in [3.63, 3.8) is 0 Å². The van der Waals surface area contributed by atoms with Crippen molar-refractivity contribution in [3.8, 4) is 5.75 Å². The molecule has 0 aliphatic carbocycles. The minimum atomic E-state index is 0.0847. The molecule has 2 fully saturated rings. The fourth-order valence-corrected chi connectivity index (χ4v) is 4.53. The van der Waals surface area contributed by atoms with E-state index in [4.69, 9.17) is 4.74 Å². The zero-order chi connectivity index (χ0) is 20.9. The highest BCUT2D eigenvalue weighted by Crippen LogP contribution is 2.32. The van der Waals surface area contributed by atoms with Crippen molar-refractivity contribution in [2.24, 2.45) is 0 Å². The lowest BCUT2D eigenvalue weighted by Gasteiger charge is -2.31. The Morgan fingerprint density at radius 1 is 0.967 bits per heavy atom. The molecule has 2 heterocycles. The summed E-state index contributed by atoms with van der Waals surface area (Å²) in [7, 11) is 1.67. The first-order valence-corrected chi connectivity index (χ1v) is 11.0. The number of rotatable bonds is 5. The van der Waals surface area contributed by atoms with Crippen LogP contribution in [0, 0.1) is 0 Å². The monoisotopic (exact) mass is 406 g/mol. The van der Waals surface area contributed by atoms with Crippen LogP contribution in [0.1, 0.15) is 66.1 Å². The molecule has 0 saturated carbocycles. The van der Waals surface area contributed by atoms with Gasteiger partial charge in [-0.1, -0.05) is 37.1 Å². The third-order valence-corrected chi connectivity index (χ3v) is 6.26. The first kappa shape index (κ1) is 20.5. The molecule has 5 heteroatoms. The first-order chi connectivity index (χ1) is 14.7. The molecule has 30 heavy (non-hydrogen) atoms. The smallest absolute Gasteiger partial charge is 0.254 e. The molecule has 0 bridgehead atoms. The molecule has 5 nitrogen and oxygen atoms in total. The lowest BCUT2D eigenvalue weighted by molar-refractivity contribution is -0.128. The molecule has 2 saturated heterocycles. The second-order valence-corrected chi connectivity index (χ2v) is 8.25. The Morgan fingerprint density at radius 2 is 1.73 bits per heavy atom. The van der Waals surface area contributed by atoms with Gasteiger partial charge in [0, 0.05) is 31.6 Å². The fourth-order valence-electron chi connectivity index (χ4n) is 4.53. The Morgan fingerprint density at radius 3 is 2.40 bits per heavy atom. The van der Waals surface area contributed by atoms with Crippen molar-refractivity contribution in [2.75, 3.05) is 20.2 Å². The third-order valence-electron chi connectivity index (χ3n) is 6.26. The van der Waals surface area contributed by atoms with Gasteiger partial charge in [-0.25, -0.2) is 0 Å². The zero-order valence-corrected chi connectivity index (χ0v) is 17.7. The maximum absolute atomic E-state index is 13.4. The summed E-state index contributed by atoms with van der Waals surface area (Å²) in [4.78, 5) is 29.2. The lowest BCUT2D eigenvalue weighted by Crippen LogP contribution is -2.34. The molecule has 1 atom stereocenters. The highest BCUT2D eigenvalue weighted by molar-refractivity contribution is 5.94. The number of ether oxygens (including phenoxy) is 1. The number of methoxy groups -OCH3 is 1. The number of benzene rings is 2. The van der Waals surface area contributed by atoms with Crippen molar-refractivity contribution < 1.29 is 14.3 Å². The highest BCUT2D eigenvalue weighted by Gasteiger charge is 2.28. The van der Waals surface area contributed by atoms with Crippen LogP contribution in [-0.2, 0) is 11.3 Å². The Labute approximate surface area is 178 Å². The standard InChI is InChI=1S/C25H30N2O3/c1-30-22-14-12-20(13-15-22)23-6-3-2-4-17-27(23)25(29)21-10-8-19(9-11-21)18-26-16-5-7-24(26)28/h8-15,23H,2-7,16-18H2,1H3/t23-/m1/s1. The van der Waals surface area contributed by atoms with E-state index in [1.807, 2.05) is 46.2 Å². The second kappa shape index (κ2) is 9.33. The minimum Gasteiger partial charge on any atom is -0.497 e. The van der Waals surface area contributed by atoms with E-state index >= 15 is 0 Å². The van der Waals surface area contributed by atoms with Crippen LogP contribution < -0.4 is 4.74 Å². The number of hydrogen-bond donors (Lipinski definition) is 0. The number of nitrogens with zero attached hydrogens (tertiary/aromatic N) is 2. The minimum absolute atomic E-state index is 0.0847. The van der Waals surface area contributed by atoms with E-state index in [1.54, 1.807) is 7.11 Å². The maximum atomic E-state index is 13.4. The van der Waals surface area contributed by atoms with Gasteiger partial charge in [0.25, 0.3) is 5.91 Å². The molecule has 0 N–H and O–H groups in total. The number of carbonyl (C=O) groups is 2. The fraction of sp³-hybridized carbons (Fsp3) is 0.440. The summed E-state index contributed by atoms with van der Waals surface area (Å²) in [6, 6.07) is 16.0. The number of carbonyl (C=O) groups excluding carboxylic acids is 2. The van der Waals surface area contributed by atoms with E-state index in [2.05, 4.69) is 12.1 Å². The van der Waals surface area contributed by atoms with E-state index in [0.29, 0.717) is 18.5 Å². The Kier molecular flexibility index (Phi) is 6.36. The van der Waals surface area contributed by atoms with Crippen LogP contribution in [0.3, 0.4) is 0 Å². The van der Waals surface area contributed by atoms with E-state index in [1.165, 1.54) is 0 Å². The molecule has 2 amide bonds. The van der Waals surface area contributed by atoms with Crippen molar-refractivity contribution in [1.82, 2.24) is 9.80 Å². The predicted octanol–water partition coefficient (Wildman–Crippen LogP) is 4.58. The van der Waals surface area contributed by atoms with Gasteiger partial charge in [0.1, 0.15) is 5.75 Å². The molecule has 2 aromatic rings. The van der Waals surface area contributed by atoms with Gasteiger partial charge in [-0.2, -0.15) is 0 Å². The summed E-state index contributed by atoms with van der Waals surface area (Å²) in [5.74, 6) is 1.14. The van der Waals surface area contributed by atoms with E-state index < -0.39 is 0 Å². The summed E-state index contributed by atoms with van der Waals surface area (Å²) in [5.41, 5.74) is 2.95. The maximum Gasteiger partial charge on any atom is 0.254 e. The Balaban J connectivity index is 1.50. The molecule has 2 aliphatic rings. The average molecular weight is 407 g/mol. The van der Waals surface area contributed by atoms with Crippen molar-refractivity contribution >= 4 is 11.8 Å². The van der Waals surface area contributed by atoms with Gasteiger partial charge in [0.2, 0.25) is 5.91 Å². The van der Waals surface area contributed by atoms with Gasteiger partial charge < -0.3 is 14.5 Å². The molecule has 0 radical (unpaired) electrons. The summed E-state index contributed by atoms with van der Waals surface area (Å²) < 4.78 is 5.29. The highest BCUT2D eigenvalue weighted by atomic mass is 16.5. The number of hydrogen-bond acceptors (Lipinski definition) is 3. The molecular formula is C25H30N2O3. The molecule has 0 spiro atoms. The average Bonchev–Trinajstić information content (AvgIpc) is 3.03. The van der Waals surface area contributed by atoms with Crippen molar-refractivity contribution in [1.29, 1.82) is 0 Å². The first-order valence-electron chi connectivity index (χ1n) is 11.0. The second-order valence-electron chi connectivity index (χ2n) is 8.25. The molecule has 2 aliphatic heterocycles. The summed E-state index contributed by atoms with van der Waals surface area (Å²) in [5, 5.41) is 0. The topological polar surface area (TPSA) is 49.9 Å². The molecule has 2 aromatic carbocycles. The Bertz CT molecular complexity index is 876. The van der Waals surface area contributed by atoms with Gasteiger partial charge in [0.15, 0.2) is 0 Å². The normalized spacial score (nSPS) is 19.6. The van der Waals surface area contributed by atoms with Gasteiger partial charge in [-0.05, 0) is 54.7 Å².